The zero-order valence-electron chi connectivity index (χ0n) is 15.1. The summed E-state index contributed by atoms with van der Waals surface area (Å²) in [6, 6.07) is 10.9. The van der Waals surface area contributed by atoms with Gasteiger partial charge in [0.15, 0.2) is 11.5 Å². The molecule has 0 N–H and O–H groups in total. The molecular formula is C20H19NO6. The highest BCUT2D eigenvalue weighted by molar-refractivity contribution is 6.21. The average molecular weight is 369 g/mol. The van der Waals surface area contributed by atoms with Gasteiger partial charge in [-0.15, -0.1) is 0 Å². The average Bonchev–Trinajstić information content (AvgIpc) is 2.92. The Morgan fingerprint density at radius 2 is 1.59 bits per heavy atom. The summed E-state index contributed by atoms with van der Waals surface area (Å²) in [7, 11) is 0. The molecule has 2 amide bonds. The molecule has 0 aromatic heterocycles. The Morgan fingerprint density at radius 3 is 2.19 bits per heavy atom. The molecule has 27 heavy (non-hydrogen) atoms. The first-order chi connectivity index (χ1) is 13.1. The van der Waals surface area contributed by atoms with Gasteiger partial charge < -0.3 is 14.3 Å². The quantitative estimate of drug-likeness (QED) is 0.697. The lowest BCUT2D eigenvalue weighted by atomic mass is 10.1. The summed E-state index contributed by atoms with van der Waals surface area (Å²) in [5.41, 5.74) is 0.543. The maximum atomic E-state index is 12.5. The molecule has 0 spiro atoms. The number of fused-ring (bicyclic) bond motifs is 1. The standard InChI is InChI=1S/C20H19NO6/c1-3-11-26-16-10-9-13(12-17(16)25-4-2)20(24)27-21-18(22)14-7-5-6-8-15(14)19(21)23/h5-10,12H,3-4,11H2,1-2H3. The van der Waals surface area contributed by atoms with E-state index in [4.69, 9.17) is 14.3 Å². The van der Waals surface area contributed by atoms with E-state index in [1.54, 1.807) is 18.2 Å². The van der Waals surface area contributed by atoms with Crippen molar-refractivity contribution in [2.24, 2.45) is 0 Å². The van der Waals surface area contributed by atoms with Gasteiger partial charge in [0.1, 0.15) is 0 Å². The zero-order chi connectivity index (χ0) is 19.4. The number of nitrogens with zero attached hydrogens (tertiary/aromatic N) is 1. The van der Waals surface area contributed by atoms with Gasteiger partial charge in [-0.05, 0) is 43.7 Å². The zero-order valence-corrected chi connectivity index (χ0v) is 15.1. The molecule has 2 aromatic carbocycles. The lowest BCUT2D eigenvalue weighted by molar-refractivity contribution is -0.0584. The Bertz CT molecular complexity index is 857. The topological polar surface area (TPSA) is 82.1 Å². The van der Waals surface area contributed by atoms with Crippen LogP contribution >= 0.6 is 0 Å². The van der Waals surface area contributed by atoms with E-state index in [-0.39, 0.29) is 16.7 Å². The van der Waals surface area contributed by atoms with Gasteiger partial charge in [0.05, 0.1) is 29.9 Å². The molecule has 0 bridgehead atoms. The predicted octanol–water partition coefficient (Wildman–Crippen LogP) is 3.24. The SMILES string of the molecule is CCCOc1ccc(C(=O)ON2C(=O)c3ccccc3C2=O)cc1OCC. The fraction of sp³-hybridized carbons (Fsp3) is 0.250. The van der Waals surface area contributed by atoms with Crippen LogP contribution < -0.4 is 9.47 Å². The van der Waals surface area contributed by atoms with Gasteiger partial charge >= 0.3 is 5.97 Å². The van der Waals surface area contributed by atoms with Gasteiger partial charge in [-0.25, -0.2) is 4.79 Å². The van der Waals surface area contributed by atoms with E-state index < -0.39 is 17.8 Å². The largest absolute Gasteiger partial charge is 0.490 e. The number of carbonyl (C=O) groups is 3. The lowest BCUT2D eigenvalue weighted by Gasteiger charge is -2.15. The van der Waals surface area contributed by atoms with Crippen LogP contribution in [0.4, 0.5) is 0 Å². The second-order valence-electron chi connectivity index (χ2n) is 5.77. The number of ether oxygens (including phenoxy) is 2. The number of hydroxylamine groups is 2. The molecular weight excluding hydrogens is 350 g/mol. The highest BCUT2D eigenvalue weighted by Gasteiger charge is 2.38. The van der Waals surface area contributed by atoms with E-state index in [0.717, 1.165) is 6.42 Å². The molecule has 0 fully saturated rings. The summed E-state index contributed by atoms with van der Waals surface area (Å²) in [4.78, 5) is 42.1. The molecule has 0 saturated heterocycles. The Labute approximate surface area is 156 Å². The minimum atomic E-state index is -0.840. The smallest absolute Gasteiger partial charge is 0.364 e. The van der Waals surface area contributed by atoms with Gasteiger partial charge in [0.25, 0.3) is 11.8 Å². The van der Waals surface area contributed by atoms with Crippen molar-refractivity contribution in [1.29, 1.82) is 0 Å². The highest BCUT2D eigenvalue weighted by Crippen LogP contribution is 2.30. The van der Waals surface area contributed by atoms with Crippen LogP contribution in [-0.4, -0.2) is 36.1 Å². The van der Waals surface area contributed by atoms with Crippen molar-refractivity contribution in [3.63, 3.8) is 0 Å². The molecule has 1 aliphatic rings. The first kappa shape index (κ1) is 18.4. The minimum absolute atomic E-state index is 0.138. The summed E-state index contributed by atoms with van der Waals surface area (Å²) < 4.78 is 11.1. The Hall–Kier alpha value is -3.35. The van der Waals surface area contributed by atoms with Crippen LogP contribution in [-0.2, 0) is 4.84 Å². The van der Waals surface area contributed by atoms with Crippen LogP contribution in [0.15, 0.2) is 42.5 Å². The Kier molecular flexibility index (Phi) is 5.40. The second kappa shape index (κ2) is 7.90. The fourth-order valence-corrected chi connectivity index (χ4v) is 2.62. The van der Waals surface area contributed by atoms with E-state index in [9.17, 15) is 14.4 Å². The van der Waals surface area contributed by atoms with Crippen LogP contribution in [0.2, 0.25) is 0 Å². The summed E-state index contributed by atoms with van der Waals surface area (Å²) in [5, 5.41) is 0.481. The molecule has 1 aliphatic heterocycles. The van der Waals surface area contributed by atoms with E-state index in [0.29, 0.717) is 29.8 Å². The normalized spacial score (nSPS) is 12.7. The number of rotatable bonds is 7. The molecule has 0 radical (unpaired) electrons. The van der Waals surface area contributed by atoms with Crippen LogP contribution in [0.25, 0.3) is 0 Å². The Balaban J connectivity index is 1.79. The Morgan fingerprint density at radius 1 is 0.926 bits per heavy atom. The van der Waals surface area contributed by atoms with Crippen LogP contribution in [0.1, 0.15) is 51.3 Å². The van der Waals surface area contributed by atoms with Crippen molar-refractivity contribution < 1.29 is 28.7 Å². The molecule has 7 heteroatoms. The maximum absolute atomic E-state index is 12.5. The summed E-state index contributed by atoms with van der Waals surface area (Å²) >= 11 is 0. The van der Waals surface area contributed by atoms with Gasteiger partial charge in [-0.1, -0.05) is 24.1 Å². The van der Waals surface area contributed by atoms with Crippen molar-refractivity contribution in [3.8, 4) is 11.5 Å². The van der Waals surface area contributed by atoms with E-state index in [1.165, 1.54) is 24.3 Å². The van der Waals surface area contributed by atoms with Crippen LogP contribution in [0.5, 0.6) is 11.5 Å². The van der Waals surface area contributed by atoms with Gasteiger partial charge in [-0.2, -0.15) is 0 Å². The molecule has 0 unspecified atom stereocenters. The number of amides is 2. The van der Waals surface area contributed by atoms with E-state index in [1.807, 2.05) is 13.8 Å². The number of hydrogen-bond acceptors (Lipinski definition) is 6. The molecule has 3 rings (SSSR count). The monoisotopic (exact) mass is 369 g/mol. The van der Waals surface area contributed by atoms with Crippen LogP contribution in [0, 0.1) is 0 Å². The van der Waals surface area contributed by atoms with Gasteiger partial charge in [0, 0.05) is 0 Å². The summed E-state index contributed by atoms with van der Waals surface area (Å²) in [5.74, 6) is -1.28. The second-order valence-corrected chi connectivity index (χ2v) is 5.77. The molecule has 140 valence electrons. The molecule has 0 saturated carbocycles. The first-order valence-electron chi connectivity index (χ1n) is 8.66. The highest BCUT2D eigenvalue weighted by atomic mass is 16.7. The van der Waals surface area contributed by atoms with Crippen LogP contribution in [0.3, 0.4) is 0 Å². The first-order valence-corrected chi connectivity index (χ1v) is 8.66. The van der Waals surface area contributed by atoms with Crippen molar-refractivity contribution >= 4 is 17.8 Å². The fourth-order valence-electron chi connectivity index (χ4n) is 2.62. The minimum Gasteiger partial charge on any atom is -0.490 e. The number of benzene rings is 2. The van der Waals surface area contributed by atoms with Crippen molar-refractivity contribution in [3.05, 3.63) is 59.2 Å². The number of carbonyl (C=O) groups excluding carboxylic acids is 3. The summed E-state index contributed by atoms with van der Waals surface area (Å²) in [6.07, 6.45) is 0.828. The van der Waals surface area contributed by atoms with Gasteiger partial charge in [-0.3, -0.25) is 9.59 Å². The maximum Gasteiger partial charge on any atom is 0.364 e. The molecule has 1 heterocycles. The third-order valence-electron chi connectivity index (χ3n) is 3.87. The van der Waals surface area contributed by atoms with Crippen molar-refractivity contribution in [2.75, 3.05) is 13.2 Å². The lowest BCUT2D eigenvalue weighted by Crippen LogP contribution is -2.32. The number of hydrogen-bond donors (Lipinski definition) is 0. The predicted molar refractivity (Wildman–Crippen MR) is 95.8 cm³/mol. The van der Waals surface area contributed by atoms with Gasteiger partial charge in [0.2, 0.25) is 0 Å². The molecule has 0 atom stereocenters. The van der Waals surface area contributed by atoms with E-state index >= 15 is 0 Å². The number of imide groups is 1. The van der Waals surface area contributed by atoms with Crippen molar-refractivity contribution in [2.45, 2.75) is 20.3 Å². The summed E-state index contributed by atoms with van der Waals surface area (Å²) in [6.45, 7) is 4.69. The van der Waals surface area contributed by atoms with E-state index in [2.05, 4.69) is 0 Å². The molecule has 2 aromatic rings. The third kappa shape index (κ3) is 3.62. The third-order valence-corrected chi connectivity index (χ3v) is 3.87. The molecule has 0 aliphatic carbocycles. The van der Waals surface area contributed by atoms with Crippen molar-refractivity contribution in [1.82, 2.24) is 5.06 Å². The molecule has 7 nitrogen and oxygen atoms in total.